The highest BCUT2D eigenvalue weighted by Crippen LogP contribution is 2.29. The van der Waals surface area contributed by atoms with E-state index in [0.717, 1.165) is 25.0 Å². The van der Waals surface area contributed by atoms with Gasteiger partial charge in [0, 0.05) is 30.3 Å². The summed E-state index contributed by atoms with van der Waals surface area (Å²) in [7, 11) is 1.56. The molecule has 1 aliphatic heterocycles. The Bertz CT molecular complexity index is 893. The van der Waals surface area contributed by atoms with Gasteiger partial charge in [-0.3, -0.25) is 14.9 Å². The molecule has 0 spiro atoms. The highest BCUT2D eigenvalue weighted by atomic mass is 16.6. The van der Waals surface area contributed by atoms with Crippen molar-refractivity contribution in [2.24, 2.45) is 0 Å². The molecule has 1 N–H and O–H groups in total. The van der Waals surface area contributed by atoms with E-state index in [-0.39, 0.29) is 29.8 Å². The van der Waals surface area contributed by atoms with Crippen LogP contribution in [0.1, 0.15) is 34.3 Å². The molecule has 1 unspecified atom stereocenters. The van der Waals surface area contributed by atoms with Gasteiger partial charge in [-0.25, -0.2) is 0 Å². The summed E-state index contributed by atoms with van der Waals surface area (Å²) in [6, 6.07) is 9.89. The molecule has 29 heavy (non-hydrogen) atoms. The molecule has 8 nitrogen and oxygen atoms in total. The second-order valence-corrected chi connectivity index (χ2v) is 6.82. The number of ether oxygens (including phenoxy) is 3. The number of hydrogen-bond acceptors (Lipinski definition) is 6. The van der Waals surface area contributed by atoms with Gasteiger partial charge in [-0.1, -0.05) is 12.1 Å². The Morgan fingerprint density at radius 1 is 1.31 bits per heavy atom. The summed E-state index contributed by atoms with van der Waals surface area (Å²) in [4.78, 5) is 23.0. The number of nitro benzene ring substituents is 1. The van der Waals surface area contributed by atoms with Crippen molar-refractivity contribution in [2.45, 2.75) is 32.4 Å². The van der Waals surface area contributed by atoms with E-state index in [1.54, 1.807) is 32.2 Å². The minimum absolute atomic E-state index is 0.0768. The number of nitro groups is 1. The monoisotopic (exact) mass is 400 g/mol. The van der Waals surface area contributed by atoms with Crippen molar-refractivity contribution < 1.29 is 23.9 Å². The molecule has 1 heterocycles. The van der Waals surface area contributed by atoms with Crippen molar-refractivity contribution in [2.75, 3.05) is 20.3 Å². The normalized spacial score (nSPS) is 15.7. The fourth-order valence-electron chi connectivity index (χ4n) is 3.24. The smallest absolute Gasteiger partial charge is 0.273 e. The Morgan fingerprint density at radius 2 is 2.14 bits per heavy atom. The predicted molar refractivity (Wildman–Crippen MR) is 106 cm³/mol. The van der Waals surface area contributed by atoms with Gasteiger partial charge in [0.25, 0.3) is 11.6 Å². The average molecular weight is 400 g/mol. The van der Waals surface area contributed by atoms with Crippen LogP contribution in [-0.4, -0.2) is 37.3 Å². The summed E-state index contributed by atoms with van der Waals surface area (Å²) in [5.41, 5.74) is 1.36. The second kappa shape index (κ2) is 9.38. The summed E-state index contributed by atoms with van der Waals surface area (Å²) in [6.07, 6.45) is 2.15. The standard InChI is InChI=1S/C21H24N2O6/c1-14-17(6-3-7-18(14)23(25)26)21(24)22-12-15-8-9-19(20(11-15)27-2)29-13-16-5-4-10-28-16/h3,6-9,11,16H,4-5,10,12-13H2,1-2H3,(H,22,24). The first-order chi connectivity index (χ1) is 14.0. The van der Waals surface area contributed by atoms with Gasteiger partial charge in [0.15, 0.2) is 11.5 Å². The first-order valence-electron chi connectivity index (χ1n) is 9.43. The molecule has 1 saturated heterocycles. The molecular formula is C21H24N2O6. The fourth-order valence-corrected chi connectivity index (χ4v) is 3.24. The van der Waals surface area contributed by atoms with E-state index in [0.29, 0.717) is 23.7 Å². The van der Waals surface area contributed by atoms with Crippen molar-refractivity contribution in [3.8, 4) is 11.5 Å². The third-order valence-corrected chi connectivity index (χ3v) is 4.88. The van der Waals surface area contributed by atoms with Crippen molar-refractivity contribution >= 4 is 11.6 Å². The van der Waals surface area contributed by atoms with Crippen LogP contribution in [0.4, 0.5) is 5.69 Å². The number of benzene rings is 2. The van der Waals surface area contributed by atoms with Gasteiger partial charge < -0.3 is 19.5 Å². The zero-order valence-corrected chi connectivity index (χ0v) is 16.5. The second-order valence-electron chi connectivity index (χ2n) is 6.82. The van der Waals surface area contributed by atoms with E-state index < -0.39 is 4.92 Å². The molecule has 0 radical (unpaired) electrons. The summed E-state index contributed by atoms with van der Waals surface area (Å²) in [5.74, 6) is 0.817. The van der Waals surface area contributed by atoms with E-state index in [4.69, 9.17) is 14.2 Å². The van der Waals surface area contributed by atoms with Crippen LogP contribution in [0.15, 0.2) is 36.4 Å². The lowest BCUT2D eigenvalue weighted by Crippen LogP contribution is -2.24. The third-order valence-electron chi connectivity index (χ3n) is 4.88. The summed E-state index contributed by atoms with van der Waals surface area (Å²) in [5, 5.41) is 13.8. The Balaban J connectivity index is 1.63. The average Bonchev–Trinajstić information content (AvgIpc) is 3.24. The van der Waals surface area contributed by atoms with Crippen LogP contribution in [0.3, 0.4) is 0 Å². The Kier molecular flexibility index (Phi) is 6.66. The molecule has 0 saturated carbocycles. The quantitative estimate of drug-likeness (QED) is 0.538. The van der Waals surface area contributed by atoms with Crippen molar-refractivity contribution in [1.82, 2.24) is 5.32 Å². The predicted octanol–water partition coefficient (Wildman–Crippen LogP) is 3.40. The van der Waals surface area contributed by atoms with E-state index in [9.17, 15) is 14.9 Å². The van der Waals surface area contributed by atoms with Gasteiger partial charge in [0.05, 0.1) is 18.1 Å². The number of amides is 1. The molecule has 1 amide bonds. The van der Waals surface area contributed by atoms with Crippen LogP contribution in [0, 0.1) is 17.0 Å². The number of methoxy groups -OCH3 is 1. The van der Waals surface area contributed by atoms with Gasteiger partial charge in [-0.15, -0.1) is 0 Å². The third kappa shape index (κ3) is 5.03. The molecule has 8 heteroatoms. The lowest BCUT2D eigenvalue weighted by Gasteiger charge is -2.15. The molecular weight excluding hydrogens is 376 g/mol. The molecule has 2 aromatic rings. The maximum absolute atomic E-state index is 12.5. The number of nitrogens with one attached hydrogen (secondary N) is 1. The molecule has 2 aromatic carbocycles. The molecule has 1 atom stereocenters. The Hall–Kier alpha value is -3.13. The van der Waals surface area contributed by atoms with Crippen LogP contribution in [-0.2, 0) is 11.3 Å². The minimum Gasteiger partial charge on any atom is -0.493 e. The molecule has 0 aliphatic carbocycles. The first-order valence-corrected chi connectivity index (χ1v) is 9.43. The summed E-state index contributed by atoms with van der Waals surface area (Å²) in [6.45, 7) is 3.06. The van der Waals surface area contributed by atoms with E-state index in [1.807, 2.05) is 6.07 Å². The van der Waals surface area contributed by atoms with Crippen LogP contribution in [0.25, 0.3) is 0 Å². The topological polar surface area (TPSA) is 99.9 Å². The summed E-state index contributed by atoms with van der Waals surface area (Å²) >= 11 is 0. The van der Waals surface area contributed by atoms with Crippen LogP contribution < -0.4 is 14.8 Å². The maximum Gasteiger partial charge on any atom is 0.273 e. The number of hydrogen-bond donors (Lipinski definition) is 1. The van der Waals surface area contributed by atoms with Crippen LogP contribution >= 0.6 is 0 Å². The fraction of sp³-hybridized carbons (Fsp3) is 0.381. The molecule has 154 valence electrons. The lowest BCUT2D eigenvalue weighted by molar-refractivity contribution is -0.385. The number of rotatable bonds is 8. The van der Waals surface area contributed by atoms with Crippen molar-refractivity contribution in [3.63, 3.8) is 0 Å². The first kappa shape index (κ1) is 20.6. The molecule has 1 fully saturated rings. The van der Waals surface area contributed by atoms with Crippen molar-refractivity contribution in [1.29, 1.82) is 0 Å². The number of nitrogens with zero attached hydrogens (tertiary/aromatic N) is 1. The van der Waals surface area contributed by atoms with Crippen LogP contribution in [0.5, 0.6) is 11.5 Å². The summed E-state index contributed by atoms with van der Waals surface area (Å²) < 4.78 is 16.8. The molecule has 0 aromatic heterocycles. The number of carbonyl (C=O) groups is 1. The Morgan fingerprint density at radius 3 is 2.83 bits per heavy atom. The van der Waals surface area contributed by atoms with E-state index >= 15 is 0 Å². The molecule has 1 aliphatic rings. The molecule has 0 bridgehead atoms. The highest BCUT2D eigenvalue weighted by molar-refractivity contribution is 5.96. The Labute approximate surface area is 168 Å². The highest BCUT2D eigenvalue weighted by Gasteiger charge is 2.19. The van der Waals surface area contributed by atoms with Crippen LogP contribution in [0.2, 0.25) is 0 Å². The van der Waals surface area contributed by atoms with Gasteiger partial charge in [-0.2, -0.15) is 0 Å². The van der Waals surface area contributed by atoms with E-state index in [1.165, 1.54) is 12.1 Å². The largest absolute Gasteiger partial charge is 0.493 e. The van der Waals surface area contributed by atoms with E-state index in [2.05, 4.69) is 5.32 Å². The molecule has 3 rings (SSSR count). The lowest BCUT2D eigenvalue weighted by atomic mass is 10.1. The SMILES string of the molecule is COc1cc(CNC(=O)c2cccc([N+](=O)[O-])c2C)ccc1OCC1CCCO1. The van der Waals surface area contributed by atoms with Gasteiger partial charge >= 0.3 is 0 Å². The zero-order chi connectivity index (χ0) is 20.8. The van der Waals surface area contributed by atoms with Gasteiger partial charge in [-0.05, 0) is 43.5 Å². The van der Waals surface area contributed by atoms with Gasteiger partial charge in [0.2, 0.25) is 0 Å². The maximum atomic E-state index is 12.5. The minimum atomic E-state index is -0.494. The number of carbonyl (C=O) groups excluding carboxylic acids is 1. The van der Waals surface area contributed by atoms with Gasteiger partial charge in [0.1, 0.15) is 6.61 Å². The van der Waals surface area contributed by atoms with Crippen molar-refractivity contribution in [3.05, 3.63) is 63.2 Å². The zero-order valence-electron chi connectivity index (χ0n) is 16.5.